The summed E-state index contributed by atoms with van der Waals surface area (Å²) in [6.45, 7) is 8.89. The number of halogens is 2. The molecular weight excluding hydrogens is 408 g/mol. The van der Waals surface area contributed by atoms with E-state index in [4.69, 9.17) is 4.74 Å². The number of aryl methyl sites for hydroxylation is 2. The molecule has 2 heterocycles. The van der Waals surface area contributed by atoms with Crippen molar-refractivity contribution in [1.82, 2.24) is 20.3 Å². The number of nitrogens with zero attached hydrogens (tertiary/aromatic N) is 3. The Balaban J connectivity index is 2.02. The van der Waals surface area contributed by atoms with Crippen molar-refractivity contribution in [2.75, 3.05) is 11.9 Å². The number of hydrogen-bond donors (Lipinski definition) is 2. The van der Waals surface area contributed by atoms with E-state index in [9.17, 15) is 18.4 Å². The lowest BCUT2D eigenvalue weighted by atomic mass is 10.1. The molecule has 0 aliphatic carbocycles. The molecule has 8 nitrogen and oxygen atoms in total. The summed E-state index contributed by atoms with van der Waals surface area (Å²) in [5.41, 5.74) is 1.72. The molecule has 10 heteroatoms. The van der Waals surface area contributed by atoms with Gasteiger partial charge in [-0.1, -0.05) is 13.5 Å². The Labute approximate surface area is 179 Å². The smallest absolute Gasteiger partial charge is 0.302 e. The maximum absolute atomic E-state index is 13.6. The summed E-state index contributed by atoms with van der Waals surface area (Å²) in [6.07, 6.45) is 1.71. The molecule has 0 spiro atoms. The number of carbonyl (C=O) groups is 2. The van der Waals surface area contributed by atoms with Gasteiger partial charge in [-0.3, -0.25) is 14.9 Å². The van der Waals surface area contributed by atoms with Crippen molar-refractivity contribution in [3.8, 4) is 5.88 Å². The van der Waals surface area contributed by atoms with Crippen LogP contribution in [0.4, 0.5) is 14.7 Å². The molecule has 0 aliphatic rings. The Bertz CT molecular complexity index is 995. The number of ether oxygens (including phenoxy) is 1. The third-order valence-corrected chi connectivity index (χ3v) is 4.32. The first kappa shape index (κ1) is 23.8. The van der Waals surface area contributed by atoms with Gasteiger partial charge in [0.1, 0.15) is 5.69 Å². The lowest BCUT2D eigenvalue weighted by Crippen LogP contribution is -2.27. The number of carbonyl (C=O) groups excluding carboxylic acids is 2. The van der Waals surface area contributed by atoms with E-state index >= 15 is 0 Å². The zero-order chi connectivity index (χ0) is 23.2. The molecule has 0 aliphatic heterocycles. The number of aromatic nitrogens is 3. The van der Waals surface area contributed by atoms with E-state index in [-0.39, 0.29) is 42.0 Å². The minimum Gasteiger partial charge on any atom is -0.471 e. The van der Waals surface area contributed by atoms with Gasteiger partial charge in [-0.05, 0) is 43.5 Å². The fraction of sp³-hybridized carbons (Fsp3) is 0.381. The van der Waals surface area contributed by atoms with Crippen molar-refractivity contribution < 1.29 is 23.1 Å². The maximum Gasteiger partial charge on any atom is 0.302 e. The highest BCUT2D eigenvalue weighted by atomic mass is 19.3. The molecule has 2 aromatic heterocycles. The van der Waals surface area contributed by atoms with Crippen LogP contribution in [0.5, 0.6) is 5.88 Å². The fourth-order valence-corrected chi connectivity index (χ4v) is 2.33. The normalized spacial score (nSPS) is 11.0. The average Bonchev–Trinajstić information content (AvgIpc) is 2.70. The van der Waals surface area contributed by atoms with Gasteiger partial charge in [0, 0.05) is 30.9 Å². The fourth-order valence-electron chi connectivity index (χ4n) is 2.33. The summed E-state index contributed by atoms with van der Waals surface area (Å²) in [7, 11) is 0. The van der Waals surface area contributed by atoms with Crippen molar-refractivity contribution >= 4 is 17.8 Å². The second kappa shape index (κ2) is 10.1. The zero-order valence-electron chi connectivity index (χ0n) is 17.9. The minimum atomic E-state index is -3.15. The van der Waals surface area contributed by atoms with Gasteiger partial charge in [0.05, 0.1) is 0 Å². The van der Waals surface area contributed by atoms with Crippen molar-refractivity contribution in [3.63, 3.8) is 0 Å². The van der Waals surface area contributed by atoms with Crippen LogP contribution in [0.2, 0.25) is 0 Å². The third-order valence-electron chi connectivity index (χ3n) is 4.32. The number of hydrogen-bond acceptors (Lipinski definition) is 6. The first-order chi connectivity index (χ1) is 14.5. The molecule has 0 saturated carbocycles. The standard InChI is InChI=1S/C21H25F2N5O3/c1-6-17(29)28-20-26-14(5)8-16(27-20)19(30)25-10-15-9-24-18(7-13(15)4)31-11-21(22,23)12(2)3/h7-9H,2,6,10-11H2,1,3-5H3,(H,25,30)(H,26,27,28,29). The molecule has 0 fully saturated rings. The molecule has 166 valence electrons. The van der Waals surface area contributed by atoms with Crippen molar-refractivity contribution in [2.24, 2.45) is 0 Å². The Morgan fingerprint density at radius 3 is 2.55 bits per heavy atom. The van der Waals surface area contributed by atoms with Gasteiger partial charge in [0.2, 0.25) is 17.7 Å². The molecule has 2 N–H and O–H groups in total. The molecule has 0 radical (unpaired) electrons. The van der Waals surface area contributed by atoms with E-state index < -0.39 is 18.4 Å². The van der Waals surface area contributed by atoms with Gasteiger partial charge in [0.15, 0.2) is 6.61 Å². The number of anilines is 1. The van der Waals surface area contributed by atoms with E-state index in [1.54, 1.807) is 20.8 Å². The van der Waals surface area contributed by atoms with Gasteiger partial charge in [0.25, 0.3) is 5.91 Å². The number of pyridine rings is 1. The van der Waals surface area contributed by atoms with Crippen LogP contribution in [0.3, 0.4) is 0 Å². The van der Waals surface area contributed by atoms with E-state index in [0.29, 0.717) is 16.8 Å². The maximum atomic E-state index is 13.6. The molecule has 0 aromatic carbocycles. The molecule has 0 unspecified atom stereocenters. The van der Waals surface area contributed by atoms with Crippen LogP contribution < -0.4 is 15.4 Å². The van der Waals surface area contributed by atoms with E-state index in [2.05, 4.69) is 32.2 Å². The Hall–Kier alpha value is -3.43. The van der Waals surface area contributed by atoms with Crippen LogP contribution in [-0.4, -0.2) is 39.3 Å². The summed E-state index contributed by atoms with van der Waals surface area (Å²) in [6, 6.07) is 3.02. The van der Waals surface area contributed by atoms with Gasteiger partial charge < -0.3 is 10.1 Å². The zero-order valence-corrected chi connectivity index (χ0v) is 17.9. The van der Waals surface area contributed by atoms with E-state index in [1.807, 2.05) is 0 Å². The number of nitrogens with one attached hydrogen (secondary N) is 2. The molecule has 0 bridgehead atoms. The van der Waals surface area contributed by atoms with E-state index in [1.165, 1.54) is 25.3 Å². The molecule has 2 aromatic rings. The van der Waals surface area contributed by atoms with Gasteiger partial charge in [-0.25, -0.2) is 15.0 Å². The van der Waals surface area contributed by atoms with Crippen molar-refractivity contribution in [1.29, 1.82) is 0 Å². The quantitative estimate of drug-likeness (QED) is 0.588. The second-order valence-electron chi connectivity index (χ2n) is 7.03. The molecule has 0 atom stereocenters. The first-order valence-electron chi connectivity index (χ1n) is 9.57. The monoisotopic (exact) mass is 433 g/mol. The van der Waals surface area contributed by atoms with Crippen LogP contribution in [0.25, 0.3) is 0 Å². The summed E-state index contributed by atoms with van der Waals surface area (Å²) in [5, 5.41) is 5.24. The van der Waals surface area contributed by atoms with Crippen molar-refractivity contribution in [3.05, 3.63) is 53.0 Å². The highest BCUT2D eigenvalue weighted by molar-refractivity contribution is 5.93. The van der Waals surface area contributed by atoms with Crippen LogP contribution in [0.15, 0.2) is 30.5 Å². The molecule has 0 saturated heterocycles. The number of alkyl halides is 2. The molecule has 31 heavy (non-hydrogen) atoms. The SMILES string of the molecule is C=C(C)C(F)(F)COc1cc(C)c(CNC(=O)c2cc(C)nc(NC(=O)CC)n2)cn1. The Morgan fingerprint density at radius 2 is 1.94 bits per heavy atom. The van der Waals surface area contributed by atoms with Gasteiger partial charge >= 0.3 is 5.92 Å². The van der Waals surface area contributed by atoms with Crippen LogP contribution in [0.1, 0.15) is 47.6 Å². The van der Waals surface area contributed by atoms with Gasteiger partial charge in [-0.2, -0.15) is 8.78 Å². The summed E-state index contributed by atoms with van der Waals surface area (Å²) in [5.74, 6) is -3.76. The lowest BCUT2D eigenvalue weighted by molar-refractivity contribution is -0.115. The largest absolute Gasteiger partial charge is 0.471 e. The Morgan fingerprint density at radius 1 is 1.23 bits per heavy atom. The Kier molecular flexibility index (Phi) is 7.73. The highest BCUT2D eigenvalue weighted by Gasteiger charge is 2.31. The van der Waals surface area contributed by atoms with Crippen LogP contribution >= 0.6 is 0 Å². The second-order valence-corrected chi connectivity index (χ2v) is 7.03. The minimum absolute atomic E-state index is 0.0521. The summed E-state index contributed by atoms with van der Waals surface area (Å²) < 4.78 is 32.3. The third kappa shape index (κ3) is 6.80. The number of rotatable bonds is 9. The van der Waals surface area contributed by atoms with Crippen molar-refractivity contribution in [2.45, 2.75) is 46.6 Å². The molecule has 2 rings (SSSR count). The highest BCUT2D eigenvalue weighted by Crippen LogP contribution is 2.24. The van der Waals surface area contributed by atoms with Crippen LogP contribution in [-0.2, 0) is 11.3 Å². The summed E-state index contributed by atoms with van der Waals surface area (Å²) >= 11 is 0. The summed E-state index contributed by atoms with van der Waals surface area (Å²) in [4.78, 5) is 36.2. The van der Waals surface area contributed by atoms with Crippen LogP contribution in [0, 0.1) is 13.8 Å². The first-order valence-corrected chi connectivity index (χ1v) is 9.57. The predicted octanol–water partition coefficient (Wildman–Crippen LogP) is 3.36. The van der Waals surface area contributed by atoms with Gasteiger partial charge in [-0.15, -0.1) is 0 Å². The number of amides is 2. The molecule has 2 amide bonds. The van der Waals surface area contributed by atoms with E-state index in [0.717, 1.165) is 0 Å². The predicted molar refractivity (Wildman–Crippen MR) is 111 cm³/mol. The molecular formula is C21H25F2N5O3. The lowest BCUT2D eigenvalue weighted by Gasteiger charge is -2.17. The topological polar surface area (TPSA) is 106 Å². The average molecular weight is 433 g/mol.